The molecule has 0 saturated heterocycles. The van der Waals surface area contributed by atoms with Crippen LogP contribution in [-0.4, -0.2) is 19.1 Å². The molecule has 4 nitrogen and oxygen atoms in total. The molecule has 5 aromatic rings. The first-order chi connectivity index (χ1) is 18.2. The first kappa shape index (κ1) is 25.0. The lowest BCUT2D eigenvalue weighted by Crippen LogP contribution is -2.05. The van der Waals surface area contributed by atoms with Gasteiger partial charge in [-0.3, -0.25) is 0 Å². The molecule has 3 aromatic carbocycles. The van der Waals surface area contributed by atoms with Gasteiger partial charge in [0.05, 0.1) is 23.1 Å². The molecule has 0 aliphatic heterocycles. The van der Waals surface area contributed by atoms with Crippen molar-refractivity contribution in [1.29, 1.82) is 0 Å². The molecule has 0 spiro atoms. The van der Waals surface area contributed by atoms with Crippen LogP contribution >= 0.6 is 0 Å². The quantitative estimate of drug-likeness (QED) is 0.174. The first-order valence-corrected chi connectivity index (χ1v) is 13.8. The highest BCUT2D eigenvalue weighted by Crippen LogP contribution is 2.29. The van der Waals surface area contributed by atoms with Gasteiger partial charge in [0.15, 0.2) is 0 Å². The minimum Gasteiger partial charge on any atom is -0.337 e. The zero-order valence-corrected chi connectivity index (χ0v) is 22.5. The van der Waals surface area contributed by atoms with Crippen LogP contribution in [0.4, 0.5) is 0 Å². The molecule has 0 N–H and O–H groups in total. The van der Waals surface area contributed by atoms with Gasteiger partial charge in [-0.05, 0) is 54.2 Å². The van der Waals surface area contributed by atoms with Gasteiger partial charge in [0.25, 0.3) is 0 Å². The predicted molar refractivity (Wildman–Crippen MR) is 155 cm³/mol. The Labute approximate surface area is 221 Å². The lowest BCUT2D eigenvalue weighted by molar-refractivity contribution is 0.582. The fraction of sp³-hybridized carbons (Fsp3) is 0.333. The van der Waals surface area contributed by atoms with Gasteiger partial charge >= 0.3 is 0 Å². The molecule has 0 atom stereocenters. The third-order valence-corrected chi connectivity index (χ3v) is 7.20. The number of benzene rings is 3. The molecule has 37 heavy (non-hydrogen) atoms. The Morgan fingerprint density at radius 1 is 0.784 bits per heavy atom. The Morgan fingerprint density at radius 2 is 1.57 bits per heavy atom. The summed E-state index contributed by atoms with van der Waals surface area (Å²) < 4.78 is 4.65. The van der Waals surface area contributed by atoms with Crippen LogP contribution in [-0.2, 0) is 19.5 Å². The maximum atomic E-state index is 5.10. The molecule has 190 valence electrons. The van der Waals surface area contributed by atoms with E-state index in [-0.39, 0.29) is 0 Å². The van der Waals surface area contributed by atoms with Crippen molar-refractivity contribution < 1.29 is 0 Å². The summed E-state index contributed by atoms with van der Waals surface area (Å²) in [5, 5.41) is 0. The zero-order valence-electron chi connectivity index (χ0n) is 22.5. The molecule has 0 saturated carbocycles. The van der Waals surface area contributed by atoms with Gasteiger partial charge in [0, 0.05) is 31.3 Å². The summed E-state index contributed by atoms with van der Waals surface area (Å²) in [6.07, 6.45) is 11.3. The van der Waals surface area contributed by atoms with Crippen LogP contribution in [0.5, 0.6) is 0 Å². The van der Waals surface area contributed by atoms with Crippen LogP contribution in [0, 0.1) is 6.92 Å². The molecule has 0 bridgehead atoms. The Kier molecular flexibility index (Phi) is 7.84. The van der Waals surface area contributed by atoms with Crippen molar-refractivity contribution in [3.63, 3.8) is 0 Å². The number of nitrogens with zero attached hydrogens (tertiary/aromatic N) is 4. The first-order valence-electron chi connectivity index (χ1n) is 13.8. The van der Waals surface area contributed by atoms with Gasteiger partial charge in [-0.25, -0.2) is 9.97 Å². The fourth-order valence-electron chi connectivity index (χ4n) is 5.15. The molecular formula is C33H38N4. The minimum atomic E-state index is 0.815. The third kappa shape index (κ3) is 5.69. The van der Waals surface area contributed by atoms with E-state index in [1.165, 1.54) is 59.0 Å². The molecule has 2 heterocycles. The van der Waals surface area contributed by atoms with E-state index in [1.807, 2.05) is 6.33 Å². The van der Waals surface area contributed by atoms with E-state index in [0.29, 0.717) is 0 Å². The Morgan fingerprint density at radius 3 is 2.32 bits per heavy atom. The number of unbranched alkanes of at least 4 members (excludes halogenated alkanes) is 3. The standard InChI is InChI=1S/C33H38N4/c1-4-6-7-11-19-36-23-30(34-24-36)29-20-25(3)33-31(21-29)37(32(35-33)12-5-2)22-26-15-17-28(18-16-26)27-13-9-8-10-14-27/h8-10,13-18,20-21,23-24H,4-7,11-12,19,22H2,1-3H3. The molecule has 0 unspecified atom stereocenters. The second-order valence-electron chi connectivity index (χ2n) is 10.1. The molecular weight excluding hydrogens is 452 g/mol. The summed E-state index contributed by atoms with van der Waals surface area (Å²) in [7, 11) is 0. The molecule has 0 aliphatic carbocycles. The van der Waals surface area contributed by atoms with Gasteiger partial charge < -0.3 is 9.13 Å². The zero-order chi connectivity index (χ0) is 25.6. The van der Waals surface area contributed by atoms with Crippen molar-refractivity contribution >= 4 is 11.0 Å². The van der Waals surface area contributed by atoms with Crippen LogP contribution in [0.15, 0.2) is 79.3 Å². The molecule has 0 amide bonds. The average molecular weight is 491 g/mol. The van der Waals surface area contributed by atoms with Crippen molar-refractivity contribution in [2.24, 2.45) is 0 Å². The lowest BCUT2D eigenvalue weighted by Gasteiger charge is -2.11. The van der Waals surface area contributed by atoms with Gasteiger partial charge in [0.1, 0.15) is 5.82 Å². The Hall–Kier alpha value is -3.66. The maximum absolute atomic E-state index is 5.10. The summed E-state index contributed by atoms with van der Waals surface area (Å²) in [6, 6.07) is 24.1. The topological polar surface area (TPSA) is 35.6 Å². The average Bonchev–Trinajstić information content (AvgIpc) is 3.53. The van der Waals surface area contributed by atoms with Crippen molar-refractivity contribution in [2.75, 3.05) is 0 Å². The summed E-state index contributed by atoms with van der Waals surface area (Å²) in [6.45, 7) is 8.50. The SMILES string of the molecule is CCCCCCn1cnc(-c2cc(C)c3nc(CCC)n(Cc4ccc(-c5ccccc5)cc4)c3c2)c1. The van der Waals surface area contributed by atoms with E-state index < -0.39 is 0 Å². The predicted octanol–water partition coefficient (Wildman–Crippen LogP) is 8.46. The van der Waals surface area contributed by atoms with E-state index in [0.717, 1.165) is 43.0 Å². The Balaban J connectivity index is 1.45. The van der Waals surface area contributed by atoms with Crippen molar-refractivity contribution in [1.82, 2.24) is 19.1 Å². The van der Waals surface area contributed by atoms with Crippen molar-refractivity contribution in [2.45, 2.75) is 72.4 Å². The van der Waals surface area contributed by atoms with E-state index in [1.54, 1.807) is 0 Å². The van der Waals surface area contributed by atoms with Gasteiger partial charge in [-0.1, -0.05) is 87.7 Å². The van der Waals surface area contributed by atoms with Crippen LogP contribution in [0.25, 0.3) is 33.4 Å². The second kappa shape index (κ2) is 11.6. The lowest BCUT2D eigenvalue weighted by atomic mass is 10.0. The maximum Gasteiger partial charge on any atom is 0.110 e. The number of aryl methyl sites for hydroxylation is 3. The van der Waals surface area contributed by atoms with E-state index >= 15 is 0 Å². The number of hydrogen-bond donors (Lipinski definition) is 0. The molecule has 0 radical (unpaired) electrons. The van der Waals surface area contributed by atoms with E-state index in [9.17, 15) is 0 Å². The summed E-state index contributed by atoms with van der Waals surface area (Å²) >= 11 is 0. The number of fused-ring (bicyclic) bond motifs is 1. The number of imidazole rings is 2. The summed E-state index contributed by atoms with van der Waals surface area (Å²) in [5.41, 5.74) is 9.50. The highest BCUT2D eigenvalue weighted by Gasteiger charge is 2.15. The second-order valence-corrected chi connectivity index (χ2v) is 10.1. The van der Waals surface area contributed by atoms with Crippen molar-refractivity contribution in [3.05, 3.63) is 96.2 Å². The number of rotatable bonds is 11. The summed E-state index contributed by atoms with van der Waals surface area (Å²) in [5.74, 6) is 1.16. The number of hydrogen-bond acceptors (Lipinski definition) is 2. The molecule has 0 aliphatic rings. The number of aromatic nitrogens is 4. The molecule has 0 fully saturated rings. The summed E-state index contributed by atoms with van der Waals surface area (Å²) in [4.78, 5) is 9.86. The van der Waals surface area contributed by atoms with Gasteiger partial charge in [0.2, 0.25) is 0 Å². The van der Waals surface area contributed by atoms with Gasteiger partial charge in [-0.2, -0.15) is 0 Å². The highest BCUT2D eigenvalue weighted by atomic mass is 15.1. The fourth-order valence-corrected chi connectivity index (χ4v) is 5.15. The molecule has 4 heteroatoms. The molecule has 2 aromatic heterocycles. The smallest absolute Gasteiger partial charge is 0.110 e. The molecule has 5 rings (SSSR count). The minimum absolute atomic E-state index is 0.815. The normalized spacial score (nSPS) is 11.4. The highest BCUT2D eigenvalue weighted by molar-refractivity contribution is 5.85. The van der Waals surface area contributed by atoms with Crippen LogP contribution < -0.4 is 0 Å². The monoisotopic (exact) mass is 490 g/mol. The Bertz CT molecular complexity index is 1440. The van der Waals surface area contributed by atoms with Crippen LogP contribution in [0.2, 0.25) is 0 Å². The van der Waals surface area contributed by atoms with Crippen LogP contribution in [0.1, 0.15) is 62.9 Å². The van der Waals surface area contributed by atoms with E-state index in [2.05, 4.69) is 103 Å². The third-order valence-electron chi connectivity index (χ3n) is 7.20. The van der Waals surface area contributed by atoms with Crippen LogP contribution in [0.3, 0.4) is 0 Å². The van der Waals surface area contributed by atoms with Crippen molar-refractivity contribution in [3.8, 4) is 22.4 Å². The largest absolute Gasteiger partial charge is 0.337 e. The van der Waals surface area contributed by atoms with Gasteiger partial charge in [-0.15, -0.1) is 0 Å². The van der Waals surface area contributed by atoms with E-state index in [4.69, 9.17) is 9.97 Å².